The molecule has 166 valence electrons. The lowest BCUT2D eigenvalue weighted by Gasteiger charge is -2.28. The van der Waals surface area contributed by atoms with Crippen LogP contribution in [0.1, 0.15) is 40.3 Å². The van der Waals surface area contributed by atoms with Crippen LogP contribution in [0.25, 0.3) is 5.69 Å². The number of nitrogens with one attached hydrogen (secondary N) is 1. The lowest BCUT2D eigenvalue weighted by Crippen LogP contribution is -2.29. The van der Waals surface area contributed by atoms with E-state index in [0.29, 0.717) is 5.11 Å². The Labute approximate surface area is 204 Å². The zero-order valence-corrected chi connectivity index (χ0v) is 20.4. The fourth-order valence-electron chi connectivity index (χ4n) is 4.83. The smallest absolute Gasteiger partial charge is 0.174 e. The van der Waals surface area contributed by atoms with E-state index >= 15 is 0 Å². The van der Waals surface area contributed by atoms with Crippen molar-refractivity contribution >= 4 is 34.6 Å². The normalized spacial score (nSPS) is 17.9. The average Bonchev–Trinajstić information content (AvgIpc) is 3.29. The van der Waals surface area contributed by atoms with E-state index in [2.05, 4.69) is 83.0 Å². The van der Waals surface area contributed by atoms with Gasteiger partial charge in [0, 0.05) is 34.0 Å². The number of aromatic nitrogens is 2. The standard InChI is InChI=1S/C27H25ClN4S/c1-17-8-6-10-21(14-17)32-26(25(30-27(32)33)24-12-4-5-13-29-24)23-15-18(2)31(19(23)3)22-11-7-9-20(28)16-22/h4-16,25-26H,1-3H3,(H,30,33)/t25-,26+/m1/s1. The zero-order chi connectivity index (χ0) is 23.1. The molecular formula is C27H25ClN4S. The summed E-state index contributed by atoms with van der Waals surface area (Å²) >= 11 is 12.2. The predicted molar refractivity (Wildman–Crippen MR) is 139 cm³/mol. The van der Waals surface area contributed by atoms with Crippen molar-refractivity contribution in [3.05, 3.63) is 112 Å². The second-order valence-electron chi connectivity index (χ2n) is 8.48. The molecule has 0 saturated carbocycles. The molecule has 33 heavy (non-hydrogen) atoms. The van der Waals surface area contributed by atoms with E-state index in [1.54, 1.807) is 0 Å². The van der Waals surface area contributed by atoms with E-state index in [9.17, 15) is 0 Å². The largest absolute Gasteiger partial charge is 0.351 e. The van der Waals surface area contributed by atoms with E-state index in [4.69, 9.17) is 23.8 Å². The highest BCUT2D eigenvalue weighted by atomic mass is 35.5. The fraction of sp³-hybridized carbons (Fsp3) is 0.185. The summed E-state index contributed by atoms with van der Waals surface area (Å²) in [5.74, 6) is 0. The number of halogens is 1. The van der Waals surface area contributed by atoms with Gasteiger partial charge in [-0.05, 0) is 92.6 Å². The van der Waals surface area contributed by atoms with Gasteiger partial charge in [0.1, 0.15) is 0 Å². The summed E-state index contributed by atoms with van der Waals surface area (Å²) < 4.78 is 2.26. The Balaban J connectivity index is 1.69. The third-order valence-electron chi connectivity index (χ3n) is 6.23. The predicted octanol–water partition coefficient (Wildman–Crippen LogP) is 6.63. The Hall–Kier alpha value is -3.15. The van der Waals surface area contributed by atoms with Crippen LogP contribution in [0, 0.1) is 20.8 Å². The van der Waals surface area contributed by atoms with Crippen LogP contribution >= 0.6 is 23.8 Å². The number of benzene rings is 2. The Bertz CT molecular complexity index is 1330. The van der Waals surface area contributed by atoms with Crippen LogP contribution in [0.2, 0.25) is 5.02 Å². The van der Waals surface area contributed by atoms with Crippen molar-refractivity contribution in [2.45, 2.75) is 32.9 Å². The van der Waals surface area contributed by atoms with Crippen LogP contribution < -0.4 is 10.2 Å². The lowest BCUT2D eigenvalue weighted by molar-refractivity contribution is 0.565. The van der Waals surface area contributed by atoms with Gasteiger partial charge in [-0.2, -0.15) is 0 Å². The zero-order valence-electron chi connectivity index (χ0n) is 18.8. The molecule has 4 nitrogen and oxygen atoms in total. The second-order valence-corrected chi connectivity index (χ2v) is 9.30. The summed E-state index contributed by atoms with van der Waals surface area (Å²) in [4.78, 5) is 6.90. The van der Waals surface area contributed by atoms with Crippen molar-refractivity contribution in [2.24, 2.45) is 0 Å². The first-order valence-corrected chi connectivity index (χ1v) is 11.7. The molecule has 2 aromatic carbocycles. The number of hydrogen-bond acceptors (Lipinski definition) is 2. The third-order valence-corrected chi connectivity index (χ3v) is 6.78. The van der Waals surface area contributed by atoms with E-state index in [1.807, 2.05) is 36.5 Å². The van der Waals surface area contributed by atoms with Gasteiger partial charge in [-0.3, -0.25) is 4.98 Å². The Kier molecular flexibility index (Phi) is 5.69. The molecule has 2 atom stereocenters. The number of thiocarbonyl (C=S) groups is 1. The van der Waals surface area contributed by atoms with E-state index in [0.717, 1.165) is 33.5 Å². The summed E-state index contributed by atoms with van der Waals surface area (Å²) in [5.41, 5.74) is 7.79. The first kappa shape index (κ1) is 21.7. The average molecular weight is 473 g/mol. The molecule has 1 aliphatic rings. The maximum Gasteiger partial charge on any atom is 0.174 e. The molecule has 3 heterocycles. The molecule has 1 fully saturated rings. The molecule has 6 heteroatoms. The Morgan fingerprint density at radius 1 is 0.909 bits per heavy atom. The topological polar surface area (TPSA) is 33.1 Å². The highest BCUT2D eigenvalue weighted by Crippen LogP contribution is 2.43. The third kappa shape index (κ3) is 3.92. The number of aryl methyl sites for hydroxylation is 2. The number of rotatable bonds is 4. The first-order chi connectivity index (χ1) is 15.9. The van der Waals surface area contributed by atoms with Gasteiger partial charge in [-0.25, -0.2) is 0 Å². The summed E-state index contributed by atoms with van der Waals surface area (Å²) in [5, 5.41) is 4.98. The monoisotopic (exact) mass is 472 g/mol. The van der Waals surface area contributed by atoms with Gasteiger partial charge in [0.2, 0.25) is 0 Å². The van der Waals surface area contributed by atoms with Crippen molar-refractivity contribution in [1.29, 1.82) is 0 Å². The molecule has 0 amide bonds. The minimum absolute atomic E-state index is 0.0478. The van der Waals surface area contributed by atoms with Crippen LogP contribution in [0.5, 0.6) is 0 Å². The quantitative estimate of drug-likeness (QED) is 0.338. The molecule has 0 spiro atoms. The summed E-state index contributed by atoms with van der Waals surface area (Å²) in [6.45, 7) is 6.39. The minimum Gasteiger partial charge on any atom is -0.351 e. The van der Waals surface area contributed by atoms with Gasteiger partial charge < -0.3 is 14.8 Å². The van der Waals surface area contributed by atoms with Crippen molar-refractivity contribution in [3.63, 3.8) is 0 Å². The van der Waals surface area contributed by atoms with Gasteiger partial charge >= 0.3 is 0 Å². The Morgan fingerprint density at radius 2 is 1.70 bits per heavy atom. The molecule has 1 saturated heterocycles. The van der Waals surface area contributed by atoms with Crippen molar-refractivity contribution in [2.75, 3.05) is 4.90 Å². The number of nitrogens with zero attached hydrogens (tertiary/aromatic N) is 3. The molecular weight excluding hydrogens is 448 g/mol. The Morgan fingerprint density at radius 3 is 2.42 bits per heavy atom. The van der Waals surface area contributed by atoms with Crippen LogP contribution in [-0.2, 0) is 0 Å². The summed E-state index contributed by atoms with van der Waals surface area (Å²) in [6.07, 6.45) is 1.84. The molecule has 2 aromatic heterocycles. The van der Waals surface area contributed by atoms with Crippen LogP contribution in [0.4, 0.5) is 5.69 Å². The van der Waals surface area contributed by atoms with Gasteiger partial charge in [0.25, 0.3) is 0 Å². The lowest BCUT2D eigenvalue weighted by atomic mass is 9.96. The van der Waals surface area contributed by atoms with Gasteiger partial charge in [0.15, 0.2) is 5.11 Å². The highest BCUT2D eigenvalue weighted by molar-refractivity contribution is 7.80. The number of anilines is 1. The molecule has 0 bridgehead atoms. The van der Waals surface area contributed by atoms with Crippen molar-refractivity contribution in [1.82, 2.24) is 14.9 Å². The maximum atomic E-state index is 6.32. The van der Waals surface area contributed by atoms with Crippen LogP contribution in [-0.4, -0.2) is 14.7 Å². The van der Waals surface area contributed by atoms with Crippen LogP contribution in [0.15, 0.2) is 79.0 Å². The second kappa shape index (κ2) is 8.65. The first-order valence-electron chi connectivity index (χ1n) is 11.0. The van der Waals surface area contributed by atoms with E-state index < -0.39 is 0 Å². The molecule has 0 aliphatic carbocycles. The van der Waals surface area contributed by atoms with Crippen molar-refractivity contribution in [3.8, 4) is 5.69 Å². The fourth-order valence-corrected chi connectivity index (χ4v) is 5.36. The highest BCUT2D eigenvalue weighted by Gasteiger charge is 2.42. The molecule has 1 aliphatic heterocycles. The summed E-state index contributed by atoms with van der Waals surface area (Å²) in [6, 6.07) is 24.6. The number of pyridine rings is 1. The van der Waals surface area contributed by atoms with Gasteiger partial charge in [-0.15, -0.1) is 0 Å². The van der Waals surface area contributed by atoms with Gasteiger partial charge in [-0.1, -0.05) is 35.9 Å². The van der Waals surface area contributed by atoms with E-state index in [1.165, 1.54) is 11.1 Å². The minimum atomic E-state index is -0.0764. The summed E-state index contributed by atoms with van der Waals surface area (Å²) in [7, 11) is 0. The maximum absolute atomic E-state index is 6.32. The number of hydrogen-bond donors (Lipinski definition) is 1. The molecule has 4 aromatic rings. The van der Waals surface area contributed by atoms with E-state index in [-0.39, 0.29) is 12.1 Å². The molecule has 5 rings (SSSR count). The molecule has 0 unspecified atom stereocenters. The van der Waals surface area contributed by atoms with Gasteiger partial charge in [0.05, 0.1) is 17.8 Å². The van der Waals surface area contributed by atoms with Crippen LogP contribution in [0.3, 0.4) is 0 Å². The SMILES string of the molecule is Cc1cccc(N2C(=S)N[C@H](c3ccccn3)[C@@H]2c2cc(C)n(-c3cccc(Cl)c3)c2C)c1. The van der Waals surface area contributed by atoms with Crippen molar-refractivity contribution < 1.29 is 0 Å². The molecule has 1 N–H and O–H groups in total. The molecule has 0 radical (unpaired) electrons.